The van der Waals surface area contributed by atoms with Crippen molar-refractivity contribution in [3.63, 3.8) is 0 Å². The Kier molecular flexibility index (Phi) is 7.69. The lowest BCUT2D eigenvalue weighted by Gasteiger charge is -2.57. The molecule has 3 heterocycles. The molecule has 3 atom stereocenters. The van der Waals surface area contributed by atoms with Crippen molar-refractivity contribution >= 4 is 28.7 Å². The quantitative estimate of drug-likeness (QED) is 0.363. The van der Waals surface area contributed by atoms with Gasteiger partial charge in [-0.15, -0.1) is 0 Å². The molecular weight excluding hydrogens is 544 g/mol. The lowest BCUT2D eigenvalue weighted by Crippen LogP contribution is -2.78. The van der Waals surface area contributed by atoms with Crippen molar-refractivity contribution in [2.75, 3.05) is 13.6 Å². The summed E-state index contributed by atoms with van der Waals surface area (Å²) in [7, 11) is 1.72. The predicted octanol–water partition coefficient (Wildman–Crippen LogP) is 3.51. The minimum Gasteiger partial charge on any atom is -0.508 e. The first-order valence-electron chi connectivity index (χ1n) is 14.4. The monoisotopic (exact) mass is 578 g/mol. The van der Waals surface area contributed by atoms with E-state index in [1.165, 1.54) is 0 Å². The standard InChI is InChI=1S/C33H34N6O4/c1-22-31-38(30(41)21-36(2)39(31)33(43)35-19-24-8-4-3-5-9-24)29(18-23-13-15-26(40)16-14-23)32(42)37(22)20-25-10-6-12-28-27(25)11-7-17-34-28/h3-17,22,29,31,40H,18-21H2,1-2H3,(H,35,43)/t22-,29-,31?/m0/s1. The molecule has 4 amide bonds. The summed E-state index contributed by atoms with van der Waals surface area (Å²) in [6.07, 6.45) is 1.24. The summed E-state index contributed by atoms with van der Waals surface area (Å²) in [5.74, 6) is -0.300. The summed E-state index contributed by atoms with van der Waals surface area (Å²) < 4.78 is 0. The van der Waals surface area contributed by atoms with Crippen molar-refractivity contribution in [3.8, 4) is 5.75 Å². The van der Waals surface area contributed by atoms with E-state index >= 15 is 0 Å². The molecule has 6 rings (SSSR count). The highest BCUT2D eigenvalue weighted by atomic mass is 16.3. The first-order valence-corrected chi connectivity index (χ1v) is 14.4. The van der Waals surface area contributed by atoms with Gasteiger partial charge >= 0.3 is 6.03 Å². The Labute approximate surface area is 250 Å². The number of piperazine rings is 1. The minimum absolute atomic E-state index is 0.0453. The topological polar surface area (TPSA) is 109 Å². The molecule has 2 aliphatic rings. The first-order chi connectivity index (χ1) is 20.8. The number of aromatic nitrogens is 1. The van der Waals surface area contributed by atoms with E-state index in [0.717, 1.165) is 27.6 Å². The van der Waals surface area contributed by atoms with Gasteiger partial charge in [-0.2, -0.15) is 0 Å². The number of urea groups is 1. The fraction of sp³-hybridized carbons (Fsp3) is 0.273. The molecule has 4 aromatic rings. The van der Waals surface area contributed by atoms with Crippen LogP contribution in [0.15, 0.2) is 91.1 Å². The van der Waals surface area contributed by atoms with E-state index < -0.39 is 18.2 Å². The number of carbonyl (C=O) groups excluding carboxylic acids is 3. The van der Waals surface area contributed by atoms with Crippen molar-refractivity contribution < 1.29 is 19.5 Å². The van der Waals surface area contributed by atoms with Crippen LogP contribution in [0.5, 0.6) is 5.75 Å². The van der Waals surface area contributed by atoms with Gasteiger partial charge in [0.05, 0.1) is 18.1 Å². The number of nitrogens with zero attached hydrogens (tertiary/aromatic N) is 5. The van der Waals surface area contributed by atoms with E-state index in [4.69, 9.17) is 0 Å². The summed E-state index contributed by atoms with van der Waals surface area (Å²) >= 11 is 0. The molecule has 43 heavy (non-hydrogen) atoms. The second-order valence-corrected chi connectivity index (χ2v) is 11.1. The van der Waals surface area contributed by atoms with E-state index in [1.807, 2.05) is 67.6 Å². The first kappa shape index (κ1) is 28.2. The molecule has 0 spiro atoms. The molecule has 0 radical (unpaired) electrons. The Hall–Kier alpha value is -4.96. The number of fused-ring (bicyclic) bond motifs is 2. The summed E-state index contributed by atoms with van der Waals surface area (Å²) in [5, 5.41) is 17.0. The van der Waals surface area contributed by atoms with E-state index in [9.17, 15) is 19.5 Å². The largest absolute Gasteiger partial charge is 0.508 e. The van der Waals surface area contributed by atoms with Crippen LogP contribution in [0.3, 0.4) is 0 Å². The van der Waals surface area contributed by atoms with Gasteiger partial charge in [-0.25, -0.2) is 14.8 Å². The predicted molar refractivity (Wildman–Crippen MR) is 161 cm³/mol. The molecule has 0 bridgehead atoms. The second-order valence-electron chi connectivity index (χ2n) is 11.1. The van der Waals surface area contributed by atoms with Crippen LogP contribution < -0.4 is 5.32 Å². The highest BCUT2D eigenvalue weighted by Gasteiger charge is 2.54. The van der Waals surface area contributed by atoms with Gasteiger partial charge in [0.1, 0.15) is 18.0 Å². The van der Waals surface area contributed by atoms with Gasteiger partial charge in [-0.3, -0.25) is 14.6 Å². The van der Waals surface area contributed by atoms with E-state index in [1.54, 1.807) is 57.3 Å². The number of phenolic OH excluding ortho intramolecular Hbond substituents is 1. The van der Waals surface area contributed by atoms with Crippen molar-refractivity contribution in [2.24, 2.45) is 0 Å². The number of aromatic hydroxyl groups is 1. The zero-order valence-electron chi connectivity index (χ0n) is 24.1. The summed E-state index contributed by atoms with van der Waals surface area (Å²) in [6.45, 7) is 2.45. The number of likely N-dealkylation sites (N-methyl/N-ethyl adjacent to an activating group) is 1. The highest BCUT2D eigenvalue weighted by molar-refractivity contribution is 5.92. The fourth-order valence-electron chi connectivity index (χ4n) is 6.17. The van der Waals surface area contributed by atoms with Crippen molar-refractivity contribution in [2.45, 2.75) is 44.7 Å². The molecule has 10 heteroatoms. The Bertz CT molecular complexity index is 1640. The van der Waals surface area contributed by atoms with Crippen molar-refractivity contribution in [1.29, 1.82) is 0 Å². The fourth-order valence-corrected chi connectivity index (χ4v) is 6.17. The van der Waals surface area contributed by atoms with Crippen LogP contribution in [0.25, 0.3) is 10.9 Å². The van der Waals surface area contributed by atoms with Gasteiger partial charge in [0, 0.05) is 38.1 Å². The zero-order chi connectivity index (χ0) is 30.1. The molecule has 1 unspecified atom stereocenters. The van der Waals surface area contributed by atoms with E-state index in [-0.39, 0.29) is 43.1 Å². The molecule has 0 saturated carbocycles. The molecule has 10 nitrogen and oxygen atoms in total. The molecule has 2 N–H and O–H groups in total. The molecule has 1 aromatic heterocycles. The maximum absolute atomic E-state index is 14.4. The number of benzene rings is 3. The van der Waals surface area contributed by atoms with Crippen LogP contribution in [-0.2, 0) is 29.1 Å². The van der Waals surface area contributed by atoms with Gasteiger partial charge in [-0.05, 0) is 47.9 Å². The Morgan fingerprint density at radius 1 is 0.953 bits per heavy atom. The molecule has 2 fully saturated rings. The number of rotatable bonds is 6. The van der Waals surface area contributed by atoms with E-state index in [2.05, 4.69) is 10.3 Å². The third-order valence-electron chi connectivity index (χ3n) is 8.32. The number of pyridine rings is 1. The number of amides is 4. The second kappa shape index (κ2) is 11.7. The van der Waals surface area contributed by atoms with Crippen LogP contribution in [0.4, 0.5) is 4.79 Å². The number of carbonyl (C=O) groups is 3. The number of nitrogens with one attached hydrogen (secondary N) is 1. The average molecular weight is 579 g/mol. The van der Waals surface area contributed by atoms with Crippen LogP contribution in [-0.4, -0.2) is 79.6 Å². The number of phenols is 1. The van der Waals surface area contributed by atoms with Crippen molar-refractivity contribution in [3.05, 3.63) is 108 Å². The van der Waals surface area contributed by atoms with Gasteiger partial charge in [0.2, 0.25) is 11.8 Å². The molecule has 3 aromatic carbocycles. The van der Waals surface area contributed by atoms with Crippen molar-refractivity contribution in [1.82, 2.24) is 30.1 Å². The Morgan fingerprint density at radius 3 is 2.49 bits per heavy atom. The van der Waals surface area contributed by atoms with Crippen LogP contribution in [0.1, 0.15) is 23.6 Å². The lowest BCUT2D eigenvalue weighted by atomic mass is 9.94. The molecule has 2 saturated heterocycles. The SMILES string of the molecule is C[C@H]1C2N(C(=O)CN(C)N2C(=O)NCc2ccccc2)[C@@H](Cc2ccc(O)cc2)C(=O)N1Cc1cccc2ncccc12. The summed E-state index contributed by atoms with van der Waals surface area (Å²) in [4.78, 5) is 49.7. The maximum Gasteiger partial charge on any atom is 0.334 e. The molecule has 2 aliphatic heterocycles. The van der Waals surface area contributed by atoms with Gasteiger partial charge in [0.25, 0.3) is 0 Å². The van der Waals surface area contributed by atoms with Gasteiger partial charge in [0.15, 0.2) is 0 Å². The van der Waals surface area contributed by atoms with Crippen LogP contribution in [0.2, 0.25) is 0 Å². The lowest BCUT2D eigenvalue weighted by molar-refractivity contribution is -0.196. The number of hydrogen-bond donors (Lipinski definition) is 2. The smallest absolute Gasteiger partial charge is 0.334 e. The highest BCUT2D eigenvalue weighted by Crippen LogP contribution is 2.33. The normalized spacial score (nSPS) is 20.8. The zero-order valence-corrected chi connectivity index (χ0v) is 24.1. The molecular formula is C33H34N6O4. The van der Waals surface area contributed by atoms with Crippen LogP contribution >= 0.6 is 0 Å². The maximum atomic E-state index is 14.4. The third kappa shape index (κ3) is 5.49. The summed E-state index contributed by atoms with van der Waals surface area (Å²) in [5.41, 5.74) is 3.50. The number of hydrazine groups is 1. The Morgan fingerprint density at radius 2 is 1.72 bits per heavy atom. The summed E-state index contributed by atoms with van der Waals surface area (Å²) in [6, 6.07) is 24.2. The Balaban J connectivity index is 1.38. The third-order valence-corrected chi connectivity index (χ3v) is 8.32. The van der Waals surface area contributed by atoms with Gasteiger partial charge < -0.3 is 20.2 Å². The molecule has 220 valence electrons. The van der Waals surface area contributed by atoms with Crippen LogP contribution in [0, 0.1) is 0 Å². The van der Waals surface area contributed by atoms with E-state index in [0.29, 0.717) is 6.54 Å². The average Bonchev–Trinajstić information content (AvgIpc) is 3.01. The molecule has 0 aliphatic carbocycles. The number of hydrogen-bond acceptors (Lipinski definition) is 6. The minimum atomic E-state index is -0.843. The van der Waals surface area contributed by atoms with Gasteiger partial charge in [-0.1, -0.05) is 60.7 Å².